The third-order valence-electron chi connectivity index (χ3n) is 6.49. The molecule has 1 aromatic heterocycles. The van der Waals surface area contributed by atoms with E-state index < -0.39 is 6.29 Å². The van der Waals surface area contributed by atoms with E-state index in [2.05, 4.69) is 11.5 Å². The van der Waals surface area contributed by atoms with Crippen LogP contribution in [0.4, 0.5) is 4.39 Å². The van der Waals surface area contributed by atoms with Gasteiger partial charge >= 0.3 is 0 Å². The minimum Gasteiger partial charge on any atom is -0.364 e. The Labute approximate surface area is 156 Å². The van der Waals surface area contributed by atoms with E-state index >= 15 is 0 Å². The molecule has 0 fully saturated rings. The van der Waals surface area contributed by atoms with Gasteiger partial charge in [-0.05, 0) is 49.0 Å². The average molecular weight is 362 g/mol. The summed E-state index contributed by atoms with van der Waals surface area (Å²) in [6.07, 6.45) is 3.98. The lowest BCUT2D eigenvalue weighted by Crippen LogP contribution is -2.21. The summed E-state index contributed by atoms with van der Waals surface area (Å²) in [5, 5.41) is 11.3. The first kappa shape index (κ1) is 15.5. The Bertz CT molecular complexity index is 1150. The Morgan fingerprint density at radius 1 is 1.30 bits per heavy atom. The van der Waals surface area contributed by atoms with Gasteiger partial charge in [0, 0.05) is 33.9 Å². The first-order valence-electron chi connectivity index (χ1n) is 9.39. The van der Waals surface area contributed by atoms with Gasteiger partial charge in [-0.1, -0.05) is 6.58 Å². The zero-order chi connectivity index (χ0) is 18.4. The number of aromatic nitrogens is 1. The van der Waals surface area contributed by atoms with E-state index in [4.69, 9.17) is 9.72 Å². The molecule has 0 saturated carbocycles. The molecular weight excluding hydrogens is 343 g/mol. The second kappa shape index (κ2) is 5.06. The molecule has 4 nitrogen and oxygen atoms in total. The van der Waals surface area contributed by atoms with Crippen LogP contribution in [0.5, 0.6) is 0 Å². The monoisotopic (exact) mass is 362 g/mol. The van der Waals surface area contributed by atoms with Crippen LogP contribution in [-0.2, 0) is 24.1 Å². The van der Waals surface area contributed by atoms with Crippen molar-refractivity contribution >= 4 is 16.6 Å². The number of nitrogens with zero attached hydrogens (tertiary/aromatic N) is 2. The van der Waals surface area contributed by atoms with E-state index in [1.165, 1.54) is 11.1 Å². The van der Waals surface area contributed by atoms with E-state index in [0.717, 1.165) is 76.1 Å². The van der Waals surface area contributed by atoms with Crippen molar-refractivity contribution in [3.05, 3.63) is 69.3 Å². The van der Waals surface area contributed by atoms with Gasteiger partial charge in [0.2, 0.25) is 0 Å². The molecule has 2 aromatic rings. The highest BCUT2D eigenvalue weighted by Crippen LogP contribution is 2.47. The summed E-state index contributed by atoms with van der Waals surface area (Å²) in [7, 11) is 0. The predicted octanol–water partition coefficient (Wildman–Crippen LogP) is 3.50. The van der Waals surface area contributed by atoms with E-state index in [0.29, 0.717) is 6.61 Å². The molecule has 3 aliphatic heterocycles. The lowest BCUT2D eigenvalue weighted by Gasteiger charge is -2.27. The molecule has 1 aromatic carbocycles. The average Bonchev–Trinajstić information content (AvgIpc) is 3.22. The largest absolute Gasteiger partial charge is 0.364 e. The molecule has 4 aliphatic rings. The lowest BCUT2D eigenvalue weighted by atomic mass is 9.85. The molecule has 1 aliphatic carbocycles. The number of aryl methyl sites for hydroxylation is 2. The first-order valence-corrected chi connectivity index (χ1v) is 9.39. The Morgan fingerprint density at radius 2 is 2.11 bits per heavy atom. The van der Waals surface area contributed by atoms with Crippen molar-refractivity contribution in [2.24, 2.45) is 0 Å². The van der Waals surface area contributed by atoms with Gasteiger partial charge in [-0.2, -0.15) is 0 Å². The first-order chi connectivity index (χ1) is 13.0. The van der Waals surface area contributed by atoms with Crippen LogP contribution >= 0.6 is 0 Å². The van der Waals surface area contributed by atoms with Crippen molar-refractivity contribution < 1.29 is 14.2 Å². The van der Waals surface area contributed by atoms with Crippen molar-refractivity contribution in [1.29, 1.82) is 0 Å². The summed E-state index contributed by atoms with van der Waals surface area (Å²) in [4.78, 5) is 7.04. The van der Waals surface area contributed by atoms with E-state index in [1.807, 2.05) is 13.0 Å². The molecular formula is C22H19FN2O2. The van der Waals surface area contributed by atoms with Crippen molar-refractivity contribution in [3.8, 4) is 0 Å². The normalized spacial score (nSPS) is 22.9. The lowest BCUT2D eigenvalue weighted by molar-refractivity contribution is -0.0439. The fourth-order valence-corrected chi connectivity index (χ4v) is 5.07. The van der Waals surface area contributed by atoms with E-state index in [-0.39, 0.29) is 5.82 Å². The Morgan fingerprint density at radius 3 is 2.96 bits per heavy atom. The Kier molecular flexibility index (Phi) is 2.91. The minimum absolute atomic E-state index is 0.181. The number of hydrogen-bond donors (Lipinski definition) is 1. The van der Waals surface area contributed by atoms with Crippen LogP contribution in [0, 0.1) is 12.7 Å². The Balaban J connectivity index is 1.65. The highest BCUT2D eigenvalue weighted by atomic mass is 19.1. The molecule has 5 heteroatoms. The van der Waals surface area contributed by atoms with Gasteiger partial charge in [0.1, 0.15) is 5.82 Å². The van der Waals surface area contributed by atoms with Crippen LogP contribution < -0.4 is 0 Å². The van der Waals surface area contributed by atoms with Gasteiger partial charge in [-0.15, -0.1) is 0 Å². The van der Waals surface area contributed by atoms with Crippen LogP contribution in [-0.4, -0.2) is 27.9 Å². The molecule has 0 spiro atoms. The fourth-order valence-electron chi connectivity index (χ4n) is 5.07. The van der Waals surface area contributed by atoms with Gasteiger partial charge in [0.25, 0.3) is 0 Å². The van der Waals surface area contributed by atoms with Gasteiger partial charge in [0.05, 0.1) is 30.1 Å². The number of pyridine rings is 1. The molecule has 136 valence electrons. The molecule has 6 rings (SSSR count). The number of hydrogen-bond acceptors (Lipinski definition) is 4. The Hall–Kier alpha value is -2.50. The number of rotatable bonds is 0. The quantitative estimate of drug-likeness (QED) is 0.779. The second-order valence-corrected chi connectivity index (χ2v) is 7.79. The van der Waals surface area contributed by atoms with Crippen molar-refractivity contribution in [2.75, 3.05) is 6.61 Å². The standard InChI is InChI=1S/C22H19FN2O2/c1-10-12-4-3-5-13-15-8-25-11(2)16-9-27-22(26)14(16)6-19(25)21(15)24-18(20(12)13)7-17(10)23/h6-7,22,26H,2-5,8-9H2,1H3. The highest BCUT2D eigenvalue weighted by molar-refractivity contribution is 5.92. The SMILES string of the molecule is C=C1C2=C(C=C3c4nc5cc(F)c(C)c6c5c(c4CN13)CCC6)C(O)OC2. The van der Waals surface area contributed by atoms with Gasteiger partial charge in [-0.25, -0.2) is 9.37 Å². The number of aliphatic hydroxyl groups is 1. The van der Waals surface area contributed by atoms with Crippen LogP contribution in [0.1, 0.15) is 34.4 Å². The summed E-state index contributed by atoms with van der Waals surface area (Å²) in [5.74, 6) is -0.181. The molecule has 4 heterocycles. The molecule has 27 heavy (non-hydrogen) atoms. The molecule has 1 unspecified atom stereocenters. The van der Waals surface area contributed by atoms with Crippen LogP contribution in [0.2, 0.25) is 0 Å². The third kappa shape index (κ3) is 1.86. The van der Waals surface area contributed by atoms with Gasteiger partial charge in [-0.3, -0.25) is 0 Å². The summed E-state index contributed by atoms with van der Waals surface area (Å²) < 4.78 is 19.9. The number of halogens is 1. The zero-order valence-electron chi connectivity index (χ0n) is 15.1. The topological polar surface area (TPSA) is 45.6 Å². The number of benzene rings is 1. The maximum atomic E-state index is 14.5. The van der Waals surface area contributed by atoms with Crippen molar-refractivity contribution in [1.82, 2.24) is 9.88 Å². The molecule has 0 amide bonds. The zero-order valence-corrected chi connectivity index (χ0v) is 15.1. The number of fused-ring (bicyclic) bond motifs is 4. The van der Waals surface area contributed by atoms with E-state index in [1.54, 1.807) is 6.07 Å². The van der Waals surface area contributed by atoms with Gasteiger partial charge < -0.3 is 14.7 Å². The summed E-state index contributed by atoms with van der Waals surface area (Å²) in [6, 6.07) is 1.57. The number of ether oxygens (including phenoxy) is 1. The fraction of sp³-hybridized carbons (Fsp3) is 0.318. The van der Waals surface area contributed by atoms with Crippen LogP contribution in [0.15, 0.2) is 35.6 Å². The van der Waals surface area contributed by atoms with Crippen molar-refractivity contribution in [3.63, 3.8) is 0 Å². The number of aliphatic hydroxyl groups excluding tert-OH is 1. The predicted molar refractivity (Wildman–Crippen MR) is 100 cm³/mol. The molecule has 0 bridgehead atoms. The molecule has 0 saturated heterocycles. The van der Waals surface area contributed by atoms with Crippen molar-refractivity contribution in [2.45, 2.75) is 39.0 Å². The smallest absolute Gasteiger partial charge is 0.182 e. The summed E-state index contributed by atoms with van der Waals surface area (Å²) >= 11 is 0. The minimum atomic E-state index is -0.916. The van der Waals surface area contributed by atoms with E-state index in [9.17, 15) is 9.50 Å². The summed E-state index contributed by atoms with van der Waals surface area (Å²) in [6.45, 7) is 7.22. The summed E-state index contributed by atoms with van der Waals surface area (Å²) in [5.41, 5.74) is 9.55. The molecule has 1 N–H and O–H groups in total. The second-order valence-electron chi connectivity index (χ2n) is 7.79. The molecule has 1 atom stereocenters. The third-order valence-corrected chi connectivity index (χ3v) is 6.49. The van der Waals surface area contributed by atoms with Crippen LogP contribution in [0.3, 0.4) is 0 Å². The van der Waals surface area contributed by atoms with Crippen LogP contribution in [0.25, 0.3) is 16.6 Å². The maximum Gasteiger partial charge on any atom is 0.182 e. The maximum absolute atomic E-state index is 14.5. The highest BCUT2D eigenvalue weighted by Gasteiger charge is 2.39. The molecule has 0 radical (unpaired) electrons. The van der Waals surface area contributed by atoms with Gasteiger partial charge in [0.15, 0.2) is 6.29 Å².